The summed E-state index contributed by atoms with van der Waals surface area (Å²) >= 11 is 0. The number of hydrogen-bond donors (Lipinski definition) is 0. The smallest absolute Gasteiger partial charge is 1.00 e. The molecule has 0 bridgehead atoms. The Balaban J connectivity index is 0. The van der Waals surface area contributed by atoms with E-state index in [1.54, 1.807) is 0 Å². The quantitative estimate of drug-likeness (QED) is 0.538. The van der Waals surface area contributed by atoms with Crippen LogP contribution in [0, 0.1) is 0 Å². The summed E-state index contributed by atoms with van der Waals surface area (Å²) in [4.78, 5) is 0. The molecule has 0 rings (SSSR count). The number of rotatable bonds is 0. The van der Waals surface area contributed by atoms with E-state index < -0.39 is 0 Å². The van der Waals surface area contributed by atoms with Crippen molar-refractivity contribution in [2.75, 3.05) is 0 Å². The summed E-state index contributed by atoms with van der Waals surface area (Å²) in [6.45, 7) is 0. The Kier molecular flexibility index (Phi) is 95.7. The van der Waals surface area contributed by atoms with Gasteiger partial charge < -0.3 is 5.71 Å². The van der Waals surface area contributed by atoms with E-state index in [-0.39, 0.29) is 131 Å². The van der Waals surface area contributed by atoms with Crippen LogP contribution >= 0.6 is 0 Å². The van der Waals surface area contributed by atoms with Gasteiger partial charge in [-0.05, 0) is 0 Å². The van der Waals surface area contributed by atoms with Crippen LogP contribution in [0.5, 0.6) is 0 Å². The van der Waals surface area contributed by atoms with Crippen molar-refractivity contribution in [3.63, 3.8) is 0 Å². The molecule has 0 saturated carbocycles. The molecule has 0 unspecified atom stereocenters. The van der Waals surface area contributed by atoms with E-state index in [4.69, 9.17) is 0 Å². The second-order valence-electron chi connectivity index (χ2n) is 0. The summed E-state index contributed by atoms with van der Waals surface area (Å²) in [6.07, 6.45) is 0. The SMILES string of the molecule is [Ba+2].[Ca+2].[H-].[H-].[H-].[H-].[Zn].[Zn]. The van der Waals surface area contributed by atoms with E-state index >= 15 is 0 Å². The third-order valence-electron chi connectivity index (χ3n) is 0. The van der Waals surface area contributed by atoms with Crippen LogP contribution in [-0.4, -0.2) is 86.6 Å². The first kappa shape index (κ1) is 24.3. The van der Waals surface area contributed by atoms with Crippen LogP contribution in [0.25, 0.3) is 0 Å². The predicted octanol–water partition coefficient (Wildman–Crippen LogP) is -0.317. The van der Waals surface area contributed by atoms with Crippen LogP contribution in [0.3, 0.4) is 0 Å². The molecule has 0 heterocycles. The van der Waals surface area contributed by atoms with Crippen LogP contribution in [0.1, 0.15) is 5.71 Å². The Morgan fingerprint density at radius 1 is 1.00 bits per heavy atom. The minimum absolute atomic E-state index is 0. The zero-order valence-electron chi connectivity index (χ0n) is 6.83. The van der Waals surface area contributed by atoms with Gasteiger partial charge in [-0.1, -0.05) is 0 Å². The molecule has 4 heavy (non-hydrogen) atoms. The number of hydrogen-bond acceptors (Lipinski definition) is 0. The van der Waals surface area contributed by atoms with E-state index in [1.807, 2.05) is 0 Å². The fourth-order valence-corrected chi connectivity index (χ4v) is 0. The second-order valence-corrected chi connectivity index (χ2v) is 0. The van der Waals surface area contributed by atoms with Crippen LogP contribution in [0.4, 0.5) is 0 Å². The fraction of sp³-hybridized carbons (Fsp3) is 0. The Morgan fingerprint density at radius 3 is 1.00 bits per heavy atom. The third kappa shape index (κ3) is 9.42. The Labute approximate surface area is 128 Å². The van der Waals surface area contributed by atoms with Gasteiger partial charge in [0.05, 0.1) is 0 Å². The molecule has 0 radical (unpaired) electrons. The Hall–Kier alpha value is 4.08. The van der Waals surface area contributed by atoms with Crippen LogP contribution in [0.15, 0.2) is 0 Å². The maximum atomic E-state index is 0. The largest absolute Gasteiger partial charge is 2.00 e. The Morgan fingerprint density at radius 2 is 1.00 bits per heavy atom. The van der Waals surface area contributed by atoms with Gasteiger partial charge in [-0.15, -0.1) is 0 Å². The molecule has 0 atom stereocenters. The fourth-order valence-electron chi connectivity index (χ4n) is 0. The summed E-state index contributed by atoms with van der Waals surface area (Å²) < 4.78 is 0. The summed E-state index contributed by atoms with van der Waals surface area (Å²) in [6, 6.07) is 0. The molecule has 0 aliphatic rings. The van der Waals surface area contributed by atoms with Gasteiger partial charge in [-0.2, -0.15) is 0 Å². The molecule has 0 aliphatic carbocycles. The maximum absolute atomic E-state index is 0. The second kappa shape index (κ2) is 15.7. The van der Waals surface area contributed by atoms with Gasteiger partial charge in [-0.3, -0.25) is 0 Å². The predicted molar refractivity (Wildman–Crippen MR) is 16.0 cm³/mol. The van der Waals surface area contributed by atoms with Crippen LogP contribution < -0.4 is 0 Å². The Bertz CT molecular complexity index is 14.0. The minimum Gasteiger partial charge on any atom is -1.00 e. The van der Waals surface area contributed by atoms with Gasteiger partial charge in [0.15, 0.2) is 0 Å². The van der Waals surface area contributed by atoms with Gasteiger partial charge in [-0.25, -0.2) is 0 Å². The molecular formula is H4BaCaZn2. The summed E-state index contributed by atoms with van der Waals surface area (Å²) in [5.74, 6) is 0. The average molecular weight is 312 g/mol. The molecule has 0 aromatic rings. The van der Waals surface area contributed by atoms with Crippen molar-refractivity contribution in [3.05, 3.63) is 0 Å². The molecule has 12 valence electrons. The van der Waals surface area contributed by atoms with Gasteiger partial charge in [0.25, 0.3) is 0 Å². The van der Waals surface area contributed by atoms with Crippen molar-refractivity contribution in [3.8, 4) is 0 Å². The molecule has 0 fully saturated rings. The van der Waals surface area contributed by atoms with E-state index in [2.05, 4.69) is 0 Å². The van der Waals surface area contributed by atoms with Crippen molar-refractivity contribution in [1.29, 1.82) is 0 Å². The first-order valence-corrected chi connectivity index (χ1v) is 0. The van der Waals surface area contributed by atoms with Gasteiger partial charge in [0.1, 0.15) is 0 Å². The van der Waals surface area contributed by atoms with Crippen molar-refractivity contribution in [2.45, 2.75) is 0 Å². The van der Waals surface area contributed by atoms with Gasteiger partial charge >= 0.3 is 86.6 Å². The molecular weight excluding hydrogens is 308 g/mol. The van der Waals surface area contributed by atoms with E-state index in [0.29, 0.717) is 0 Å². The van der Waals surface area contributed by atoms with E-state index in [0.717, 1.165) is 0 Å². The van der Waals surface area contributed by atoms with Crippen molar-refractivity contribution < 1.29 is 44.7 Å². The normalized spacial score (nSPS) is 0. The molecule has 4 heteroatoms. The molecule has 0 N–H and O–H groups in total. The zero-order chi connectivity index (χ0) is 0. The van der Waals surface area contributed by atoms with Crippen molar-refractivity contribution >= 4 is 86.6 Å². The van der Waals surface area contributed by atoms with E-state index in [9.17, 15) is 0 Å². The topological polar surface area (TPSA) is 0 Å². The molecule has 0 nitrogen and oxygen atoms in total. The molecule has 0 saturated heterocycles. The van der Waals surface area contributed by atoms with Crippen molar-refractivity contribution in [1.82, 2.24) is 0 Å². The minimum atomic E-state index is 0. The van der Waals surface area contributed by atoms with Gasteiger partial charge in [0.2, 0.25) is 0 Å². The standard InChI is InChI=1S/Ba.Ca.2Zn.4H/q2*+2;;;4*-1. The van der Waals surface area contributed by atoms with Gasteiger partial charge in [0, 0.05) is 39.0 Å². The van der Waals surface area contributed by atoms with Crippen LogP contribution in [-0.2, 0) is 39.0 Å². The summed E-state index contributed by atoms with van der Waals surface area (Å²) in [5, 5.41) is 0. The third-order valence-corrected chi connectivity index (χ3v) is 0. The zero-order valence-corrected chi connectivity index (χ0v) is 15.4. The molecule has 0 aromatic carbocycles. The monoisotopic (exact) mass is 310 g/mol. The molecule has 0 spiro atoms. The molecule has 0 aliphatic heterocycles. The first-order chi connectivity index (χ1) is 0. The average Bonchev–Trinajstić information content (AvgIpc) is 0. The molecule has 0 aromatic heterocycles. The maximum Gasteiger partial charge on any atom is 2.00 e. The first-order valence-electron chi connectivity index (χ1n) is 0. The summed E-state index contributed by atoms with van der Waals surface area (Å²) in [5.41, 5.74) is 0. The van der Waals surface area contributed by atoms with E-state index in [1.165, 1.54) is 0 Å². The summed E-state index contributed by atoms with van der Waals surface area (Å²) in [7, 11) is 0. The molecule has 0 amide bonds. The van der Waals surface area contributed by atoms with Crippen LogP contribution in [0.2, 0.25) is 0 Å². The van der Waals surface area contributed by atoms with Crippen molar-refractivity contribution in [2.24, 2.45) is 0 Å².